The lowest BCUT2D eigenvalue weighted by atomic mass is 10.0. The van der Waals surface area contributed by atoms with Gasteiger partial charge in [-0.2, -0.15) is 0 Å². The zero-order valence-electron chi connectivity index (χ0n) is 25.5. The summed E-state index contributed by atoms with van der Waals surface area (Å²) in [4.78, 5) is 29.8. The second kappa shape index (κ2) is 15.6. The number of carbonyl (C=O) groups excluding carboxylic acids is 2. The lowest BCUT2D eigenvalue weighted by Crippen LogP contribution is -2.53. The van der Waals surface area contributed by atoms with Gasteiger partial charge < -0.3 is 10.2 Å². The largest absolute Gasteiger partial charge is 0.354 e. The van der Waals surface area contributed by atoms with Crippen molar-refractivity contribution in [3.05, 3.63) is 129 Å². The summed E-state index contributed by atoms with van der Waals surface area (Å²) in [5.74, 6) is -0.839. The molecule has 4 aromatic carbocycles. The number of hydrogen-bond acceptors (Lipinski definition) is 4. The number of aryl methyl sites for hydroxylation is 1. The molecule has 0 bridgehead atoms. The number of hydrogen-bond donors (Lipinski definition) is 1. The van der Waals surface area contributed by atoms with Crippen molar-refractivity contribution < 1.29 is 18.0 Å². The maximum atomic E-state index is 14.5. The highest BCUT2D eigenvalue weighted by molar-refractivity contribution is 9.10. The third-order valence-electron chi connectivity index (χ3n) is 7.46. The summed E-state index contributed by atoms with van der Waals surface area (Å²) in [6.07, 6.45) is 0.969. The Bertz CT molecular complexity index is 1730. The highest BCUT2D eigenvalue weighted by Gasteiger charge is 2.35. The van der Waals surface area contributed by atoms with E-state index in [-0.39, 0.29) is 29.5 Å². The van der Waals surface area contributed by atoms with E-state index >= 15 is 0 Å². The van der Waals surface area contributed by atoms with Crippen LogP contribution >= 0.6 is 27.5 Å². The molecule has 1 unspecified atom stereocenters. The minimum absolute atomic E-state index is 0.0420. The number of amides is 2. The van der Waals surface area contributed by atoms with Crippen LogP contribution < -0.4 is 9.62 Å². The second-order valence-corrected chi connectivity index (χ2v) is 14.0. The fourth-order valence-electron chi connectivity index (χ4n) is 4.97. The maximum Gasteiger partial charge on any atom is 0.264 e. The smallest absolute Gasteiger partial charge is 0.264 e. The fraction of sp³-hybridized carbons (Fsp3) is 0.257. The van der Waals surface area contributed by atoms with E-state index in [1.165, 1.54) is 17.0 Å². The molecule has 4 aromatic rings. The maximum absolute atomic E-state index is 14.5. The number of nitrogens with one attached hydrogen (secondary N) is 1. The van der Waals surface area contributed by atoms with Crippen molar-refractivity contribution in [1.29, 1.82) is 0 Å². The molecule has 1 N–H and O–H groups in total. The molecular formula is C35H37BrClN3O4S. The molecule has 4 rings (SSSR count). The van der Waals surface area contributed by atoms with Crippen LogP contribution in [-0.2, 0) is 32.6 Å². The Morgan fingerprint density at radius 2 is 1.56 bits per heavy atom. The lowest BCUT2D eigenvalue weighted by Gasteiger charge is -2.34. The molecule has 0 saturated heterocycles. The van der Waals surface area contributed by atoms with E-state index < -0.39 is 28.5 Å². The molecule has 0 aromatic heterocycles. The number of benzene rings is 4. The van der Waals surface area contributed by atoms with Crippen LogP contribution in [0.1, 0.15) is 35.6 Å². The Balaban J connectivity index is 1.83. The van der Waals surface area contributed by atoms with Crippen LogP contribution in [0.2, 0.25) is 5.02 Å². The third-order valence-corrected chi connectivity index (χ3v) is 10.1. The predicted octanol–water partition coefficient (Wildman–Crippen LogP) is 7.08. The molecule has 0 saturated carbocycles. The summed E-state index contributed by atoms with van der Waals surface area (Å²) in [5.41, 5.74) is 3.36. The van der Waals surface area contributed by atoms with E-state index in [0.29, 0.717) is 17.1 Å². The normalized spacial score (nSPS) is 11.9. The molecule has 0 heterocycles. The van der Waals surface area contributed by atoms with E-state index in [2.05, 4.69) is 21.2 Å². The third kappa shape index (κ3) is 8.75. The van der Waals surface area contributed by atoms with Crippen molar-refractivity contribution in [2.24, 2.45) is 0 Å². The first-order valence-electron chi connectivity index (χ1n) is 14.7. The summed E-state index contributed by atoms with van der Waals surface area (Å²) in [7, 11) is -4.22. The van der Waals surface area contributed by atoms with E-state index in [1.807, 2.05) is 68.4 Å². The zero-order chi connectivity index (χ0) is 32.6. The monoisotopic (exact) mass is 709 g/mol. The van der Waals surface area contributed by atoms with Gasteiger partial charge in [-0.3, -0.25) is 13.9 Å². The summed E-state index contributed by atoms with van der Waals surface area (Å²) in [5, 5.41) is 3.33. The van der Waals surface area contributed by atoms with Gasteiger partial charge in [-0.25, -0.2) is 8.42 Å². The zero-order valence-corrected chi connectivity index (χ0v) is 28.7. The summed E-state index contributed by atoms with van der Waals surface area (Å²) < 4.78 is 30.4. The van der Waals surface area contributed by atoms with Crippen LogP contribution in [0.3, 0.4) is 0 Å². The highest BCUT2D eigenvalue weighted by atomic mass is 79.9. The van der Waals surface area contributed by atoms with Gasteiger partial charge in [0.2, 0.25) is 11.8 Å². The number of rotatable bonds is 13. The first-order chi connectivity index (χ1) is 21.5. The average Bonchev–Trinajstić information content (AvgIpc) is 3.02. The van der Waals surface area contributed by atoms with Crippen molar-refractivity contribution in [2.75, 3.05) is 17.4 Å². The number of anilines is 1. The first kappa shape index (κ1) is 34.2. The van der Waals surface area contributed by atoms with E-state index in [9.17, 15) is 18.0 Å². The summed E-state index contributed by atoms with van der Waals surface area (Å²) in [6, 6.07) is 27.5. The molecule has 2 amide bonds. The molecule has 45 heavy (non-hydrogen) atoms. The molecule has 7 nitrogen and oxygen atoms in total. The Morgan fingerprint density at radius 3 is 2.22 bits per heavy atom. The van der Waals surface area contributed by atoms with E-state index in [1.54, 1.807) is 37.3 Å². The standard InChI is InChI=1S/C35H37BrClN3O4S/c1-4-20-38-35(42)33(22-27-10-6-5-7-11-27)39(23-28-12-8-13-29(36)21-28)34(41)24-40(32-15-9-14-31(37)26(32)3)45(43,44)30-18-16-25(2)17-19-30/h5-19,21,33H,4,20,22-24H2,1-3H3,(H,38,42). The van der Waals surface area contributed by atoms with Crippen LogP contribution in [0.4, 0.5) is 5.69 Å². The van der Waals surface area contributed by atoms with Gasteiger partial charge in [-0.05, 0) is 73.4 Å². The van der Waals surface area contributed by atoms with Gasteiger partial charge in [0.05, 0.1) is 10.6 Å². The van der Waals surface area contributed by atoms with Crippen molar-refractivity contribution in [1.82, 2.24) is 10.2 Å². The molecule has 236 valence electrons. The molecule has 0 radical (unpaired) electrons. The number of sulfonamides is 1. The quantitative estimate of drug-likeness (QED) is 0.161. The SMILES string of the molecule is CCCNC(=O)C(Cc1ccccc1)N(Cc1cccc(Br)c1)C(=O)CN(c1cccc(Cl)c1C)S(=O)(=O)c1ccc(C)cc1. The van der Waals surface area contributed by atoms with Gasteiger partial charge in [0.25, 0.3) is 10.0 Å². The minimum atomic E-state index is -4.22. The molecule has 0 fully saturated rings. The van der Waals surface area contributed by atoms with Crippen LogP contribution in [-0.4, -0.2) is 44.3 Å². The highest BCUT2D eigenvalue weighted by Crippen LogP contribution is 2.31. The van der Waals surface area contributed by atoms with E-state index in [4.69, 9.17) is 11.6 Å². The second-order valence-electron chi connectivity index (χ2n) is 10.9. The predicted molar refractivity (Wildman–Crippen MR) is 184 cm³/mol. The van der Waals surface area contributed by atoms with Gasteiger partial charge in [-0.1, -0.05) is 101 Å². The van der Waals surface area contributed by atoms with Gasteiger partial charge in [0.15, 0.2) is 0 Å². The van der Waals surface area contributed by atoms with Crippen molar-refractivity contribution >= 4 is 55.1 Å². The fourth-order valence-corrected chi connectivity index (χ4v) is 7.06. The van der Waals surface area contributed by atoms with Gasteiger partial charge in [0, 0.05) is 29.0 Å². The Kier molecular flexibility index (Phi) is 11.8. The van der Waals surface area contributed by atoms with Crippen molar-refractivity contribution in [3.63, 3.8) is 0 Å². The van der Waals surface area contributed by atoms with Crippen molar-refractivity contribution in [3.8, 4) is 0 Å². The van der Waals surface area contributed by atoms with E-state index in [0.717, 1.165) is 31.9 Å². The van der Waals surface area contributed by atoms with Gasteiger partial charge in [0.1, 0.15) is 12.6 Å². The number of nitrogens with zero attached hydrogens (tertiary/aromatic N) is 2. The Labute approximate surface area is 279 Å². The van der Waals surface area contributed by atoms with Gasteiger partial charge >= 0.3 is 0 Å². The molecule has 10 heteroatoms. The molecule has 1 atom stereocenters. The molecular weight excluding hydrogens is 674 g/mol. The molecule has 0 spiro atoms. The summed E-state index contributed by atoms with van der Waals surface area (Å²) in [6.45, 7) is 5.53. The lowest BCUT2D eigenvalue weighted by molar-refractivity contribution is -0.140. The molecule has 0 aliphatic carbocycles. The molecule has 0 aliphatic heterocycles. The van der Waals surface area contributed by atoms with Crippen LogP contribution in [0.5, 0.6) is 0 Å². The minimum Gasteiger partial charge on any atom is -0.354 e. The Morgan fingerprint density at radius 1 is 0.889 bits per heavy atom. The van der Waals surface area contributed by atoms with Crippen LogP contribution in [0, 0.1) is 13.8 Å². The number of carbonyl (C=O) groups is 2. The first-order valence-corrected chi connectivity index (χ1v) is 17.3. The van der Waals surface area contributed by atoms with Crippen molar-refractivity contribution in [2.45, 2.75) is 51.1 Å². The topological polar surface area (TPSA) is 86.8 Å². The summed E-state index contributed by atoms with van der Waals surface area (Å²) >= 11 is 9.96. The molecule has 0 aliphatic rings. The van der Waals surface area contributed by atoms with Crippen LogP contribution in [0.15, 0.2) is 106 Å². The average molecular weight is 711 g/mol. The van der Waals surface area contributed by atoms with Crippen LogP contribution in [0.25, 0.3) is 0 Å². The van der Waals surface area contributed by atoms with Gasteiger partial charge in [-0.15, -0.1) is 0 Å². The Hall–Kier alpha value is -3.66. The number of halogens is 2.